The number of nitrogens with zero attached hydrogens (tertiary/aromatic N) is 1. The molecule has 8 heteroatoms. The number of ether oxygens (including phenoxy) is 3. The molecule has 2 saturated heterocycles. The Balaban J connectivity index is 1.49. The third kappa shape index (κ3) is 6.70. The van der Waals surface area contributed by atoms with Gasteiger partial charge in [0, 0.05) is 30.4 Å². The largest absolute Gasteiger partial charge is 0.377 e. The van der Waals surface area contributed by atoms with Crippen LogP contribution in [0.1, 0.15) is 71.9 Å². The molecule has 1 amide bonds. The van der Waals surface area contributed by atoms with Crippen LogP contribution in [0.3, 0.4) is 0 Å². The van der Waals surface area contributed by atoms with Crippen molar-refractivity contribution >= 4 is 23.6 Å². The number of hydrogen-bond donors (Lipinski definition) is 1. The molecular weight excluding hydrogens is 404 g/mol. The molecule has 30 heavy (non-hydrogen) atoms. The van der Waals surface area contributed by atoms with Gasteiger partial charge in [-0.3, -0.25) is 10.1 Å². The van der Waals surface area contributed by atoms with Crippen molar-refractivity contribution in [1.29, 1.82) is 0 Å². The summed E-state index contributed by atoms with van der Waals surface area (Å²) in [4.78, 5) is 12.8. The molecule has 3 rings (SSSR count). The van der Waals surface area contributed by atoms with Crippen LogP contribution < -0.4 is 5.32 Å². The van der Waals surface area contributed by atoms with Crippen LogP contribution in [0.25, 0.3) is 0 Å². The molecule has 2 atom stereocenters. The van der Waals surface area contributed by atoms with Gasteiger partial charge in [0.2, 0.25) is 11.8 Å². The van der Waals surface area contributed by atoms with Gasteiger partial charge in [-0.15, -0.1) is 11.8 Å². The summed E-state index contributed by atoms with van der Waals surface area (Å²) in [5.74, 6) is 1.07. The first kappa shape index (κ1) is 23.6. The molecule has 0 aliphatic carbocycles. The van der Waals surface area contributed by atoms with Crippen LogP contribution in [0.4, 0.5) is 5.88 Å². The minimum absolute atomic E-state index is 0.101. The summed E-state index contributed by atoms with van der Waals surface area (Å²) < 4.78 is 22.2. The fourth-order valence-electron chi connectivity index (χ4n) is 3.44. The summed E-state index contributed by atoms with van der Waals surface area (Å²) in [5.41, 5.74) is 0.394. The van der Waals surface area contributed by atoms with E-state index in [1.807, 2.05) is 27.7 Å². The van der Waals surface area contributed by atoms with Gasteiger partial charge in [0.1, 0.15) is 0 Å². The maximum absolute atomic E-state index is 12.8. The highest BCUT2D eigenvalue weighted by atomic mass is 32.2. The molecule has 2 aliphatic heterocycles. The highest BCUT2D eigenvalue weighted by Gasteiger charge is 2.32. The van der Waals surface area contributed by atoms with Crippen LogP contribution in [-0.4, -0.2) is 53.8 Å². The van der Waals surface area contributed by atoms with Crippen molar-refractivity contribution in [2.24, 2.45) is 0 Å². The van der Waals surface area contributed by atoms with E-state index in [-0.39, 0.29) is 23.7 Å². The topological polar surface area (TPSA) is 82.8 Å². The maximum Gasteiger partial charge on any atom is 0.242 e. The zero-order valence-corrected chi connectivity index (χ0v) is 19.5. The SMILES string of the molecule is CC(C)(SC[C@@H]1CCCCO1)C(=O)Nc1cc(C(C)(C)COC2CCCCO2)no1. The fraction of sp³-hybridized carbons (Fsp3) is 0.818. The molecular formula is C22H36N2O5S. The first-order valence-corrected chi connectivity index (χ1v) is 12.0. The third-order valence-electron chi connectivity index (χ3n) is 5.66. The summed E-state index contributed by atoms with van der Waals surface area (Å²) in [6.45, 7) is 9.99. The van der Waals surface area contributed by atoms with Crippen molar-refractivity contribution in [2.45, 2.75) is 88.8 Å². The fourth-order valence-corrected chi connectivity index (χ4v) is 4.49. The minimum Gasteiger partial charge on any atom is -0.377 e. The molecule has 3 heterocycles. The summed E-state index contributed by atoms with van der Waals surface area (Å²) >= 11 is 1.62. The van der Waals surface area contributed by atoms with Gasteiger partial charge in [-0.1, -0.05) is 19.0 Å². The van der Waals surface area contributed by atoms with Gasteiger partial charge in [0.25, 0.3) is 0 Å². The lowest BCUT2D eigenvalue weighted by atomic mass is 9.90. The molecule has 1 N–H and O–H groups in total. The molecule has 0 saturated carbocycles. The second-order valence-corrected chi connectivity index (χ2v) is 11.0. The summed E-state index contributed by atoms with van der Waals surface area (Å²) in [5, 5.41) is 7.04. The Bertz CT molecular complexity index is 679. The van der Waals surface area contributed by atoms with E-state index in [1.54, 1.807) is 17.8 Å². The number of rotatable bonds is 9. The average Bonchev–Trinajstić information content (AvgIpc) is 3.22. The number of hydrogen-bond acceptors (Lipinski definition) is 7. The predicted molar refractivity (Wildman–Crippen MR) is 118 cm³/mol. The highest BCUT2D eigenvalue weighted by Crippen LogP contribution is 2.31. The van der Waals surface area contributed by atoms with Gasteiger partial charge in [-0.25, -0.2) is 0 Å². The van der Waals surface area contributed by atoms with E-state index in [9.17, 15) is 4.79 Å². The van der Waals surface area contributed by atoms with E-state index in [1.165, 1.54) is 6.42 Å². The molecule has 0 bridgehead atoms. The number of nitrogens with one attached hydrogen (secondary N) is 1. The van der Waals surface area contributed by atoms with Crippen molar-refractivity contribution in [3.63, 3.8) is 0 Å². The van der Waals surface area contributed by atoms with E-state index in [4.69, 9.17) is 18.7 Å². The molecule has 0 spiro atoms. The lowest BCUT2D eigenvalue weighted by Gasteiger charge is -2.28. The first-order chi connectivity index (χ1) is 14.3. The molecule has 1 aromatic heterocycles. The molecule has 1 unspecified atom stereocenters. The van der Waals surface area contributed by atoms with Crippen molar-refractivity contribution in [3.05, 3.63) is 11.8 Å². The smallest absolute Gasteiger partial charge is 0.242 e. The number of aromatic nitrogens is 1. The van der Waals surface area contributed by atoms with E-state index in [0.29, 0.717) is 12.5 Å². The van der Waals surface area contributed by atoms with Crippen molar-refractivity contribution in [1.82, 2.24) is 5.16 Å². The van der Waals surface area contributed by atoms with Crippen LogP contribution in [0.15, 0.2) is 10.6 Å². The number of carbonyl (C=O) groups excluding carboxylic acids is 1. The zero-order chi connectivity index (χ0) is 21.6. The highest BCUT2D eigenvalue weighted by molar-refractivity contribution is 8.01. The third-order valence-corrected chi connectivity index (χ3v) is 7.10. The van der Waals surface area contributed by atoms with Crippen molar-refractivity contribution in [2.75, 3.05) is 30.9 Å². The van der Waals surface area contributed by atoms with Gasteiger partial charge in [-0.2, -0.15) is 0 Å². The Hall–Kier alpha value is -1.09. The second-order valence-electron chi connectivity index (χ2n) is 9.33. The van der Waals surface area contributed by atoms with Crippen LogP contribution in [-0.2, 0) is 24.4 Å². The van der Waals surface area contributed by atoms with Gasteiger partial charge >= 0.3 is 0 Å². The summed E-state index contributed by atoms with van der Waals surface area (Å²) in [6.07, 6.45) is 6.65. The average molecular weight is 441 g/mol. The summed E-state index contributed by atoms with van der Waals surface area (Å²) in [7, 11) is 0. The van der Waals surface area contributed by atoms with Crippen LogP contribution in [0.5, 0.6) is 0 Å². The summed E-state index contributed by atoms with van der Waals surface area (Å²) in [6, 6.07) is 1.79. The Labute approximate surface area is 183 Å². The molecule has 0 aromatic carbocycles. The lowest BCUT2D eigenvalue weighted by molar-refractivity contribution is -0.170. The predicted octanol–water partition coefficient (Wildman–Crippen LogP) is 4.51. The molecule has 2 fully saturated rings. The number of anilines is 1. The normalized spacial score (nSPS) is 23.3. The molecule has 1 aromatic rings. The lowest BCUT2D eigenvalue weighted by Crippen LogP contribution is -2.36. The Kier molecular flexibility index (Phi) is 8.24. The quantitative estimate of drug-likeness (QED) is 0.605. The van der Waals surface area contributed by atoms with Gasteiger partial charge in [0.05, 0.1) is 23.2 Å². The Morgan fingerprint density at radius 3 is 2.57 bits per heavy atom. The van der Waals surface area contributed by atoms with Crippen molar-refractivity contribution in [3.8, 4) is 0 Å². The zero-order valence-electron chi connectivity index (χ0n) is 18.7. The molecule has 7 nitrogen and oxygen atoms in total. The van der Waals surface area contributed by atoms with Crippen LogP contribution >= 0.6 is 11.8 Å². The monoisotopic (exact) mass is 440 g/mol. The Morgan fingerprint density at radius 2 is 1.90 bits per heavy atom. The second kappa shape index (κ2) is 10.5. The number of carbonyl (C=O) groups is 1. The van der Waals surface area contributed by atoms with E-state index in [2.05, 4.69) is 10.5 Å². The van der Waals surface area contributed by atoms with E-state index in [0.717, 1.165) is 56.8 Å². The van der Waals surface area contributed by atoms with Crippen LogP contribution in [0, 0.1) is 0 Å². The Morgan fingerprint density at radius 1 is 1.17 bits per heavy atom. The molecule has 170 valence electrons. The van der Waals surface area contributed by atoms with Gasteiger partial charge < -0.3 is 18.7 Å². The molecule has 0 radical (unpaired) electrons. The van der Waals surface area contributed by atoms with Gasteiger partial charge in [0.15, 0.2) is 6.29 Å². The number of thioether (sulfide) groups is 1. The molecule has 2 aliphatic rings. The number of amides is 1. The van der Waals surface area contributed by atoms with Gasteiger partial charge in [-0.05, 0) is 52.4 Å². The maximum atomic E-state index is 12.8. The van der Waals surface area contributed by atoms with Crippen molar-refractivity contribution < 1.29 is 23.5 Å². The first-order valence-electron chi connectivity index (χ1n) is 11.0. The standard InChI is InChI=1S/C22H36N2O5S/c1-21(2,15-28-19-10-6-8-12-27-19)17-13-18(29-24-17)23-20(25)22(3,4)30-14-16-9-5-7-11-26-16/h13,16,19H,5-12,14-15H2,1-4H3,(H,23,25)/t16-,19?/m0/s1. The van der Waals surface area contributed by atoms with E-state index < -0.39 is 4.75 Å². The minimum atomic E-state index is -0.593. The van der Waals surface area contributed by atoms with E-state index >= 15 is 0 Å². The van der Waals surface area contributed by atoms with Crippen LogP contribution in [0.2, 0.25) is 0 Å².